The zero-order valence-electron chi connectivity index (χ0n) is 18.6. The average molecular weight is 474 g/mol. The van der Waals surface area contributed by atoms with E-state index in [9.17, 15) is 15.0 Å². The number of halogens is 1. The van der Waals surface area contributed by atoms with Crippen molar-refractivity contribution < 1.29 is 33.4 Å². The number of para-hydroxylation sites is 1. The van der Waals surface area contributed by atoms with Crippen molar-refractivity contribution in [2.24, 2.45) is 0 Å². The van der Waals surface area contributed by atoms with Crippen LogP contribution in [0.1, 0.15) is 11.3 Å². The Balaban J connectivity index is 1.56. The second-order valence-corrected chi connectivity index (χ2v) is 7.72. The number of phenolic OH excluding ortho intramolecular Hbond substituents is 1. The molecule has 0 radical (unpaired) electrons. The summed E-state index contributed by atoms with van der Waals surface area (Å²) < 4.78 is 30.2. The van der Waals surface area contributed by atoms with Crippen LogP contribution in [0, 0.1) is 5.82 Å². The summed E-state index contributed by atoms with van der Waals surface area (Å²) in [6, 6.07) is 16.1. The van der Waals surface area contributed by atoms with Crippen LogP contribution in [-0.4, -0.2) is 35.5 Å². The summed E-state index contributed by atoms with van der Waals surface area (Å²) in [5, 5.41) is 27.3. The molecule has 0 spiro atoms. The minimum Gasteiger partial charge on any atom is -0.504 e. The molecule has 4 aromatic rings. The van der Waals surface area contributed by atoms with E-state index in [4.69, 9.17) is 14.0 Å². The number of carbonyl (C=O) groups is 1. The smallest absolute Gasteiger partial charge is 0.260 e. The van der Waals surface area contributed by atoms with Crippen molar-refractivity contribution in [3.05, 3.63) is 77.8 Å². The van der Waals surface area contributed by atoms with Crippen LogP contribution in [0.4, 0.5) is 10.1 Å². The van der Waals surface area contributed by atoms with Gasteiger partial charge < -0.3 is 29.5 Å². The fraction of sp³-hybridized carbons (Fsp3) is 0.0769. The standard InChI is InChI=1S/C26H19FN2O6/c1-33-20-5-3-4-15(24(20)30)13-6-8-14(9-7-13)16-10-17-19(11-18(16)27)28-26(32)23(17)25(31)21-12-22(34-2)29-35-21/h3-12,30-31H,1-2H3,(H,28,32)/b25-23+. The van der Waals surface area contributed by atoms with Gasteiger partial charge in [0.15, 0.2) is 17.3 Å². The lowest BCUT2D eigenvalue weighted by Gasteiger charge is -2.11. The van der Waals surface area contributed by atoms with Gasteiger partial charge >= 0.3 is 0 Å². The molecule has 1 aliphatic heterocycles. The quantitative estimate of drug-likeness (QED) is 0.267. The zero-order valence-corrected chi connectivity index (χ0v) is 18.6. The van der Waals surface area contributed by atoms with Gasteiger partial charge in [-0.2, -0.15) is 0 Å². The van der Waals surface area contributed by atoms with E-state index in [1.54, 1.807) is 42.5 Å². The van der Waals surface area contributed by atoms with Gasteiger partial charge in [0.25, 0.3) is 11.8 Å². The number of rotatable bonds is 5. The van der Waals surface area contributed by atoms with E-state index >= 15 is 4.39 Å². The number of aromatic hydroxyl groups is 1. The molecule has 35 heavy (non-hydrogen) atoms. The number of ether oxygens (including phenoxy) is 2. The maximum atomic E-state index is 15.0. The summed E-state index contributed by atoms with van der Waals surface area (Å²) in [6.07, 6.45) is 0. The molecule has 0 saturated carbocycles. The summed E-state index contributed by atoms with van der Waals surface area (Å²) in [6.45, 7) is 0. The average Bonchev–Trinajstić information content (AvgIpc) is 3.47. The van der Waals surface area contributed by atoms with Gasteiger partial charge in [-0.15, -0.1) is 0 Å². The lowest BCUT2D eigenvalue weighted by molar-refractivity contribution is -0.110. The van der Waals surface area contributed by atoms with Crippen LogP contribution >= 0.6 is 0 Å². The number of nitrogens with zero attached hydrogens (tertiary/aromatic N) is 1. The highest BCUT2D eigenvalue weighted by Crippen LogP contribution is 2.41. The van der Waals surface area contributed by atoms with Crippen LogP contribution in [0.2, 0.25) is 0 Å². The lowest BCUT2D eigenvalue weighted by Crippen LogP contribution is -2.05. The number of anilines is 1. The number of hydrogen-bond acceptors (Lipinski definition) is 7. The van der Waals surface area contributed by atoms with Crippen LogP contribution in [0.15, 0.2) is 65.2 Å². The molecule has 0 aliphatic carbocycles. The molecule has 2 heterocycles. The summed E-state index contributed by atoms with van der Waals surface area (Å²) in [5.74, 6) is -1.18. The number of methoxy groups -OCH3 is 2. The first-order valence-electron chi connectivity index (χ1n) is 10.5. The fourth-order valence-electron chi connectivity index (χ4n) is 3.99. The molecule has 176 valence electrons. The number of amides is 1. The Labute approximate surface area is 198 Å². The number of aromatic nitrogens is 1. The number of aliphatic hydroxyl groups is 1. The molecule has 3 aromatic carbocycles. The summed E-state index contributed by atoms with van der Waals surface area (Å²) in [5.41, 5.74) is 2.51. The van der Waals surface area contributed by atoms with Crippen molar-refractivity contribution >= 4 is 22.9 Å². The van der Waals surface area contributed by atoms with E-state index in [0.717, 1.165) is 0 Å². The van der Waals surface area contributed by atoms with Gasteiger partial charge in [-0.3, -0.25) is 4.79 Å². The number of benzene rings is 3. The second kappa shape index (κ2) is 8.53. The second-order valence-electron chi connectivity index (χ2n) is 7.72. The minimum atomic E-state index is -0.603. The zero-order chi connectivity index (χ0) is 24.7. The Kier molecular flexibility index (Phi) is 5.37. The molecule has 0 bridgehead atoms. The summed E-state index contributed by atoms with van der Waals surface area (Å²) >= 11 is 0. The van der Waals surface area contributed by atoms with Crippen molar-refractivity contribution in [3.63, 3.8) is 0 Å². The summed E-state index contributed by atoms with van der Waals surface area (Å²) in [4.78, 5) is 12.6. The van der Waals surface area contributed by atoms with Gasteiger partial charge in [-0.1, -0.05) is 36.4 Å². The first-order valence-corrected chi connectivity index (χ1v) is 10.5. The molecule has 1 aromatic heterocycles. The van der Waals surface area contributed by atoms with Crippen molar-refractivity contribution in [2.45, 2.75) is 0 Å². The third-order valence-corrected chi connectivity index (χ3v) is 5.75. The molecule has 9 heteroatoms. The minimum absolute atomic E-state index is 0.00495. The van der Waals surface area contributed by atoms with E-state index in [1.807, 2.05) is 0 Å². The van der Waals surface area contributed by atoms with E-state index in [0.29, 0.717) is 28.0 Å². The molecule has 3 N–H and O–H groups in total. The molecular formula is C26H19FN2O6. The number of hydrogen-bond donors (Lipinski definition) is 3. The third-order valence-electron chi connectivity index (χ3n) is 5.75. The highest BCUT2D eigenvalue weighted by molar-refractivity contribution is 6.36. The Morgan fingerprint density at radius 1 is 0.971 bits per heavy atom. The van der Waals surface area contributed by atoms with Crippen LogP contribution in [0.3, 0.4) is 0 Å². The van der Waals surface area contributed by atoms with E-state index in [-0.39, 0.29) is 34.2 Å². The Morgan fingerprint density at radius 3 is 2.34 bits per heavy atom. The number of carbonyl (C=O) groups excluding carboxylic acids is 1. The molecule has 0 unspecified atom stereocenters. The highest BCUT2D eigenvalue weighted by Gasteiger charge is 2.31. The molecule has 0 atom stereocenters. The van der Waals surface area contributed by atoms with Gasteiger partial charge in [0.05, 0.1) is 31.5 Å². The van der Waals surface area contributed by atoms with Gasteiger partial charge in [0.1, 0.15) is 5.82 Å². The first kappa shape index (κ1) is 22.0. The predicted octanol–water partition coefficient (Wildman–Crippen LogP) is 5.25. The van der Waals surface area contributed by atoms with E-state index in [2.05, 4.69) is 10.5 Å². The van der Waals surface area contributed by atoms with Crippen molar-refractivity contribution in [1.82, 2.24) is 5.16 Å². The Hall–Kier alpha value is -4.79. The molecule has 5 rings (SSSR count). The van der Waals surface area contributed by atoms with E-state index in [1.165, 1.54) is 32.4 Å². The molecule has 0 saturated heterocycles. The highest BCUT2D eigenvalue weighted by atomic mass is 19.1. The topological polar surface area (TPSA) is 114 Å². The number of nitrogens with one attached hydrogen (secondary N) is 1. The first-order chi connectivity index (χ1) is 16.9. The molecule has 8 nitrogen and oxygen atoms in total. The maximum Gasteiger partial charge on any atom is 0.260 e. The van der Waals surface area contributed by atoms with Gasteiger partial charge in [0.2, 0.25) is 5.76 Å². The summed E-state index contributed by atoms with van der Waals surface area (Å²) in [7, 11) is 2.86. The number of aliphatic hydroxyl groups excluding tert-OH is 1. The van der Waals surface area contributed by atoms with Crippen molar-refractivity contribution in [1.29, 1.82) is 0 Å². The third kappa shape index (κ3) is 3.72. The molecule has 0 fully saturated rings. The van der Waals surface area contributed by atoms with Gasteiger partial charge in [-0.05, 0) is 34.5 Å². The molecular weight excluding hydrogens is 455 g/mol. The number of phenols is 1. The maximum absolute atomic E-state index is 15.0. The van der Waals surface area contributed by atoms with Gasteiger partial charge in [0, 0.05) is 16.7 Å². The Bertz CT molecular complexity index is 1490. The number of fused-ring (bicyclic) bond motifs is 1. The van der Waals surface area contributed by atoms with Crippen LogP contribution in [0.25, 0.3) is 33.6 Å². The lowest BCUT2D eigenvalue weighted by atomic mass is 9.96. The fourth-order valence-corrected chi connectivity index (χ4v) is 3.99. The monoisotopic (exact) mass is 474 g/mol. The normalized spacial score (nSPS) is 13.9. The largest absolute Gasteiger partial charge is 0.504 e. The van der Waals surface area contributed by atoms with Crippen LogP contribution in [0.5, 0.6) is 17.4 Å². The Morgan fingerprint density at radius 2 is 1.69 bits per heavy atom. The van der Waals surface area contributed by atoms with Crippen molar-refractivity contribution in [3.8, 4) is 39.6 Å². The van der Waals surface area contributed by atoms with Gasteiger partial charge in [-0.25, -0.2) is 4.39 Å². The molecule has 1 aliphatic rings. The van der Waals surface area contributed by atoms with Crippen molar-refractivity contribution in [2.75, 3.05) is 19.5 Å². The SMILES string of the molecule is COc1cc(/C(O)=C2\C(=O)Nc3cc(F)c(-c4ccc(-c5cccc(OC)c5O)cc4)cc32)on1. The molecule has 1 amide bonds. The van der Waals surface area contributed by atoms with E-state index < -0.39 is 17.5 Å². The van der Waals surface area contributed by atoms with Crippen LogP contribution < -0.4 is 14.8 Å². The predicted molar refractivity (Wildman–Crippen MR) is 127 cm³/mol. The van der Waals surface area contributed by atoms with Crippen LogP contribution in [-0.2, 0) is 4.79 Å².